The zero-order chi connectivity index (χ0) is 12.4. The van der Waals surface area contributed by atoms with Crippen LogP contribution in [0.15, 0.2) is 33.3 Å². The highest BCUT2D eigenvalue weighted by molar-refractivity contribution is 9.10. The molecule has 1 N–H and O–H groups in total. The van der Waals surface area contributed by atoms with E-state index in [1.165, 1.54) is 0 Å². The SMILES string of the molecule is CCc1noc(-c2cccc(Br)c2)c1C(=O)O. The first-order valence-corrected chi connectivity index (χ1v) is 5.90. The van der Waals surface area contributed by atoms with Crippen molar-refractivity contribution in [1.82, 2.24) is 5.16 Å². The van der Waals surface area contributed by atoms with Gasteiger partial charge in [0.05, 0.1) is 5.69 Å². The lowest BCUT2D eigenvalue weighted by Gasteiger charge is -1.99. The molecule has 0 aliphatic heterocycles. The molecule has 1 aromatic heterocycles. The smallest absolute Gasteiger partial charge is 0.341 e. The van der Waals surface area contributed by atoms with Crippen LogP contribution in [0.4, 0.5) is 0 Å². The molecule has 0 aliphatic rings. The second kappa shape index (κ2) is 4.71. The average molecular weight is 296 g/mol. The van der Waals surface area contributed by atoms with Crippen LogP contribution in [0.5, 0.6) is 0 Å². The van der Waals surface area contributed by atoms with E-state index in [1.807, 2.05) is 19.1 Å². The molecule has 0 bridgehead atoms. The Morgan fingerprint density at radius 2 is 2.29 bits per heavy atom. The summed E-state index contributed by atoms with van der Waals surface area (Å²) < 4.78 is 6.00. The van der Waals surface area contributed by atoms with Crippen molar-refractivity contribution in [3.05, 3.63) is 40.0 Å². The van der Waals surface area contributed by atoms with Crippen molar-refractivity contribution >= 4 is 21.9 Å². The van der Waals surface area contributed by atoms with Gasteiger partial charge in [-0.05, 0) is 18.6 Å². The molecule has 0 fully saturated rings. The summed E-state index contributed by atoms with van der Waals surface area (Å²) in [6.45, 7) is 1.84. The summed E-state index contributed by atoms with van der Waals surface area (Å²) >= 11 is 3.34. The molecule has 1 heterocycles. The number of nitrogens with zero attached hydrogens (tertiary/aromatic N) is 1. The van der Waals surface area contributed by atoms with Gasteiger partial charge in [0.1, 0.15) is 5.56 Å². The van der Waals surface area contributed by atoms with Gasteiger partial charge in [0.15, 0.2) is 5.76 Å². The molecule has 0 radical (unpaired) electrons. The molecule has 2 rings (SSSR count). The molecule has 17 heavy (non-hydrogen) atoms. The van der Waals surface area contributed by atoms with E-state index in [9.17, 15) is 9.90 Å². The molecule has 0 saturated heterocycles. The van der Waals surface area contributed by atoms with Crippen molar-refractivity contribution in [2.24, 2.45) is 0 Å². The normalized spacial score (nSPS) is 10.5. The zero-order valence-electron chi connectivity index (χ0n) is 9.11. The van der Waals surface area contributed by atoms with Crippen LogP contribution in [0, 0.1) is 0 Å². The predicted octanol–water partition coefficient (Wildman–Crippen LogP) is 3.36. The molecule has 0 unspecified atom stereocenters. The lowest BCUT2D eigenvalue weighted by Crippen LogP contribution is -2.01. The molecule has 0 saturated carbocycles. The highest BCUT2D eigenvalue weighted by Crippen LogP contribution is 2.28. The lowest BCUT2D eigenvalue weighted by atomic mass is 10.1. The Morgan fingerprint density at radius 1 is 1.53 bits per heavy atom. The van der Waals surface area contributed by atoms with Gasteiger partial charge < -0.3 is 9.63 Å². The van der Waals surface area contributed by atoms with Gasteiger partial charge in [-0.1, -0.05) is 40.1 Å². The summed E-state index contributed by atoms with van der Waals surface area (Å²) in [5.74, 6) is -0.714. The molecule has 0 atom stereocenters. The van der Waals surface area contributed by atoms with E-state index >= 15 is 0 Å². The van der Waals surface area contributed by atoms with Crippen LogP contribution in [-0.2, 0) is 6.42 Å². The summed E-state index contributed by atoms with van der Waals surface area (Å²) in [7, 11) is 0. The van der Waals surface area contributed by atoms with Crippen LogP contribution in [-0.4, -0.2) is 16.2 Å². The number of aryl methyl sites for hydroxylation is 1. The number of rotatable bonds is 3. The van der Waals surface area contributed by atoms with Gasteiger partial charge in [-0.3, -0.25) is 0 Å². The molecular weight excluding hydrogens is 286 g/mol. The van der Waals surface area contributed by atoms with E-state index in [-0.39, 0.29) is 5.56 Å². The molecule has 5 heteroatoms. The summed E-state index contributed by atoms with van der Waals surface area (Å²) in [5, 5.41) is 13.0. The minimum absolute atomic E-state index is 0.144. The molecule has 2 aromatic rings. The van der Waals surface area contributed by atoms with E-state index in [1.54, 1.807) is 12.1 Å². The highest BCUT2D eigenvalue weighted by atomic mass is 79.9. The Morgan fingerprint density at radius 3 is 2.88 bits per heavy atom. The quantitative estimate of drug-likeness (QED) is 0.943. The number of benzene rings is 1. The van der Waals surface area contributed by atoms with Gasteiger partial charge >= 0.3 is 5.97 Å². The van der Waals surface area contributed by atoms with Crippen molar-refractivity contribution in [3.8, 4) is 11.3 Å². The first-order chi connectivity index (χ1) is 8.13. The fourth-order valence-corrected chi connectivity index (χ4v) is 2.01. The molecule has 0 amide bonds. The van der Waals surface area contributed by atoms with E-state index in [4.69, 9.17) is 4.52 Å². The number of carboxylic acid groups (broad SMARTS) is 1. The third-order valence-electron chi connectivity index (χ3n) is 2.40. The van der Waals surface area contributed by atoms with Crippen LogP contribution in [0.2, 0.25) is 0 Å². The van der Waals surface area contributed by atoms with Crippen LogP contribution in [0.25, 0.3) is 11.3 Å². The maximum atomic E-state index is 11.2. The number of carboxylic acids is 1. The number of halogens is 1. The van der Waals surface area contributed by atoms with Crippen LogP contribution >= 0.6 is 15.9 Å². The topological polar surface area (TPSA) is 63.3 Å². The van der Waals surface area contributed by atoms with E-state index in [0.717, 1.165) is 4.47 Å². The molecule has 0 spiro atoms. The van der Waals surface area contributed by atoms with Crippen LogP contribution in [0.3, 0.4) is 0 Å². The monoisotopic (exact) mass is 295 g/mol. The Labute approximate surface area is 106 Å². The number of aromatic carboxylic acids is 1. The standard InChI is InChI=1S/C12H10BrNO3/c1-2-9-10(12(15)16)11(17-14-9)7-4-3-5-8(13)6-7/h3-6H,2H2,1H3,(H,15,16). The first kappa shape index (κ1) is 11.9. The number of carbonyl (C=O) groups is 1. The van der Waals surface area contributed by atoms with E-state index in [0.29, 0.717) is 23.4 Å². The lowest BCUT2D eigenvalue weighted by molar-refractivity contribution is 0.0696. The Balaban J connectivity index is 2.60. The van der Waals surface area contributed by atoms with Gasteiger partial charge in [-0.25, -0.2) is 4.79 Å². The minimum atomic E-state index is -1.02. The number of hydrogen-bond acceptors (Lipinski definition) is 3. The van der Waals surface area contributed by atoms with Crippen LogP contribution < -0.4 is 0 Å². The average Bonchev–Trinajstić information content (AvgIpc) is 2.72. The second-order valence-corrected chi connectivity index (χ2v) is 4.42. The summed E-state index contributed by atoms with van der Waals surface area (Å²) in [6, 6.07) is 7.27. The summed E-state index contributed by atoms with van der Waals surface area (Å²) in [5.41, 5.74) is 1.31. The third-order valence-corrected chi connectivity index (χ3v) is 2.89. The molecule has 88 valence electrons. The van der Waals surface area contributed by atoms with Crippen molar-refractivity contribution in [3.63, 3.8) is 0 Å². The number of hydrogen-bond donors (Lipinski definition) is 1. The van der Waals surface area contributed by atoms with Gasteiger partial charge in [-0.15, -0.1) is 0 Å². The van der Waals surface area contributed by atoms with Crippen molar-refractivity contribution in [1.29, 1.82) is 0 Å². The first-order valence-electron chi connectivity index (χ1n) is 5.11. The Kier molecular flexibility index (Phi) is 3.28. The van der Waals surface area contributed by atoms with Gasteiger partial charge in [0, 0.05) is 10.0 Å². The maximum Gasteiger partial charge on any atom is 0.341 e. The Hall–Kier alpha value is -1.62. The fourth-order valence-electron chi connectivity index (χ4n) is 1.61. The van der Waals surface area contributed by atoms with Gasteiger partial charge in [-0.2, -0.15) is 0 Å². The minimum Gasteiger partial charge on any atom is -0.477 e. The van der Waals surface area contributed by atoms with E-state index in [2.05, 4.69) is 21.1 Å². The van der Waals surface area contributed by atoms with Gasteiger partial charge in [0.2, 0.25) is 0 Å². The third kappa shape index (κ3) is 2.24. The molecule has 1 aromatic carbocycles. The molecule has 4 nitrogen and oxygen atoms in total. The molecule has 0 aliphatic carbocycles. The second-order valence-electron chi connectivity index (χ2n) is 3.50. The van der Waals surface area contributed by atoms with E-state index < -0.39 is 5.97 Å². The van der Waals surface area contributed by atoms with Crippen molar-refractivity contribution in [2.45, 2.75) is 13.3 Å². The summed E-state index contributed by atoms with van der Waals surface area (Å²) in [6.07, 6.45) is 0.527. The highest BCUT2D eigenvalue weighted by Gasteiger charge is 2.22. The van der Waals surface area contributed by atoms with Crippen molar-refractivity contribution in [2.75, 3.05) is 0 Å². The maximum absolute atomic E-state index is 11.2. The summed E-state index contributed by atoms with van der Waals surface area (Å²) in [4.78, 5) is 11.2. The molecular formula is C12H10BrNO3. The van der Waals surface area contributed by atoms with Crippen LogP contribution in [0.1, 0.15) is 23.0 Å². The number of aromatic nitrogens is 1. The fraction of sp³-hybridized carbons (Fsp3) is 0.167. The van der Waals surface area contributed by atoms with Gasteiger partial charge in [0.25, 0.3) is 0 Å². The largest absolute Gasteiger partial charge is 0.477 e. The zero-order valence-corrected chi connectivity index (χ0v) is 10.7. The Bertz CT molecular complexity index is 563. The van der Waals surface area contributed by atoms with Crippen molar-refractivity contribution < 1.29 is 14.4 Å². The predicted molar refractivity (Wildman–Crippen MR) is 66.0 cm³/mol.